The highest BCUT2D eigenvalue weighted by Crippen LogP contribution is 2.51. The van der Waals surface area contributed by atoms with E-state index in [9.17, 15) is 19.2 Å². The summed E-state index contributed by atoms with van der Waals surface area (Å²) in [5.74, 6) is -2.14. The van der Waals surface area contributed by atoms with Gasteiger partial charge in [-0.25, -0.2) is 9.59 Å². The standard InChI is InChI=1S/C27H26Cl2N4O7S/c1-13-17(19(31-40-13)18-15(28)8-5-9-16(18)29)22(34)30-20-23(35)33-21(27(2,3)41-24(20)33)26(37)39-12-38-25(36)14-7-6-10-32(4)11-14/h5-6,8-11,20-21,24H,7,12H2,1-4H3,(H,30,34)/t20-,21+,24-/m1/s1. The van der Waals surface area contributed by atoms with E-state index in [-0.39, 0.29) is 27.1 Å². The van der Waals surface area contributed by atoms with Crippen molar-refractivity contribution in [1.29, 1.82) is 0 Å². The van der Waals surface area contributed by atoms with Crippen LogP contribution in [-0.2, 0) is 23.9 Å². The summed E-state index contributed by atoms with van der Waals surface area (Å²) in [5.41, 5.74) is 1.01. The van der Waals surface area contributed by atoms with Gasteiger partial charge in [-0.05, 0) is 39.1 Å². The molecular weight excluding hydrogens is 595 g/mol. The molecule has 4 heterocycles. The quantitative estimate of drug-likeness (QED) is 0.276. The van der Waals surface area contributed by atoms with Gasteiger partial charge in [0.2, 0.25) is 12.7 Å². The maximum Gasteiger partial charge on any atom is 0.338 e. The molecule has 0 bridgehead atoms. The molecule has 14 heteroatoms. The van der Waals surface area contributed by atoms with Crippen molar-refractivity contribution in [2.24, 2.45) is 0 Å². The van der Waals surface area contributed by atoms with Gasteiger partial charge in [-0.1, -0.05) is 40.5 Å². The lowest BCUT2D eigenvalue weighted by molar-refractivity contribution is -0.175. The Bertz CT molecular complexity index is 1480. The Kier molecular flexibility index (Phi) is 7.84. The molecule has 2 fully saturated rings. The van der Waals surface area contributed by atoms with Gasteiger partial charge in [0.1, 0.15) is 34.5 Å². The second-order valence-corrected chi connectivity index (χ2v) is 12.8. The normalized spacial score (nSPS) is 22.5. The maximum absolute atomic E-state index is 13.4. The summed E-state index contributed by atoms with van der Waals surface area (Å²) in [7, 11) is 1.78. The third-order valence-electron chi connectivity index (χ3n) is 6.93. The van der Waals surface area contributed by atoms with Crippen LogP contribution in [0, 0.1) is 6.92 Å². The Balaban J connectivity index is 1.25. The van der Waals surface area contributed by atoms with Gasteiger partial charge in [-0.3, -0.25) is 9.59 Å². The fraction of sp³-hybridized carbons (Fsp3) is 0.370. The number of thioether (sulfide) groups is 1. The number of halogens is 2. The molecule has 1 N–H and O–H groups in total. The molecule has 1 aromatic heterocycles. The van der Waals surface area contributed by atoms with Crippen molar-refractivity contribution in [2.45, 2.75) is 49.4 Å². The number of ether oxygens (including phenoxy) is 2. The van der Waals surface area contributed by atoms with Crippen LogP contribution in [0.15, 0.2) is 46.8 Å². The minimum absolute atomic E-state index is 0.0982. The zero-order chi connectivity index (χ0) is 29.6. The summed E-state index contributed by atoms with van der Waals surface area (Å²) in [5, 5.41) is 6.78. The Labute approximate surface area is 249 Å². The number of nitrogens with zero attached hydrogens (tertiary/aromatic N) is 3. The van der Waals surface area contributed by atoms with Crippen LogP contribution in [0.5, 0.6) is 0 Å². The molecule has 2 amide bonds. The summed E-state index contributed by atoms with van der Waals surface area (Å²) in [4.78, 5) is 55.0. The molecule has 2 aromatic rings. The topological polar surface area (TPSA) is 131 Å². The van der Waals surface area contributed by atoms with Crippen molar-refractivity contribution in [3.63, 3.8) is 0 Å². The van der Waals surface area contributed by atoms with Gasteiger partial charge in [0.15, 0.2) is 0 Å². The Hall–Kier alpha value is -3.48. The molecule has 0 saturated carbocycles. The van der Waals surface area contributed by atoms with Gasteiger partial charge in [-0.2, -0.15) is 0 Å². The molecule has 11 nitrogen and oxygen atoms in total. The van der Waals surface area contributed by atoms with Crippen molar-refractivity contribution in [2.75, 3.05) is 13.8 Å². The van der Waals surface area contributed by atoms with Crippen LogP contribution in [0.2, 0.25) is 10.0 Å². The predicted molar refractivity (Wildman–Crippen MR) is 151 cm³/mol. The number of fused-ring (bicyclic) bond motifs is 1. The summed E-state index contributed by atoms with van der Waals surface area (Å²) in [6, 6.07) is 3.03. The molecule has 3 aliphatic heterocycles. The van der Waals surface area contributed by atoms with Crippen molar-refractivity contribution in [3.05, 3.63) is 63.6 Å². The molecule has 3 aliphatic rings. The first-order chi connectivity index (χ1) is 19.4. The predicted octanol–water partition coefficient (Wildman–Crippen LogP) is 3.89. The van der Waals surface area contributed by atoms with Gasteiger partial charge < -0.3 is 29.1 Å². The number of hydrogen-bond acceptors (Lipinski definition) is 10. The van der Waals surface area contributed by atoms with Gasteiger partial charge in [0.05, 0.1) is 15.6 Å². The van der Waals surface area contributed by atoms with E-state index < -0.39 is 52.8 Å². The molecule has 0 spiro atoms. The van der Waals surface area contributed by atoms with Crippen LogP contribution in [0.25, 0.3) is 11.3 Å². The highest BCUT2D eigenvalue weighted by molar-refractivity contribution is 8.01. The van der Waals surface area contributed by atoms with E-state index in [1.165, 1.54) is 16.7 Å². The third kappa shape index (κ3) is 5.31. The molecule has 3 atom stereocenters. The molecule has 2 saturated heterocycles. The van der Waals surface area contributed by atoms with E-state index in [1.54, 1.807) is 57.1 Å². The molecule has 1 aromatic carbocycles. The fourth-order valence-corrected chi connectivity index (χ4v) is 7.21. The number of amides is 2. The molecule has 41 heavy (non-hydrogen) atoms. The van der Waals surface area contributed by atoms with Crippen LogP contribution >= 0.6 is 35.0 Å². The lowest BCUT2D eigenvalue weighted by Crippen LogP contribution is -2.70. The lowest BCUT2D eigenvalue weighted by Gasteiger charge is -2.43. The first-order valence-electron chi connectivity index (χ1n) is 12.5. The summed E-state index contributed by atoms with van der Waals surface area (Å²) >= 11 is 14.0. The van der Waals surface area contributed by atoms with Gasteiger partial charge in [-0.15, -0.1) is 11.8 Å². The highest BCUT2D eigenvalue weighted by atomic mass is 35.5. The number of esters is 2. The molecule has 0 radical (unpaired) electrons. The number of allylic oxidation sites excluding steroid dienone is 1. The number of β-lactam (4-membered cyclic amide) rings is 1. The number of aromatic nitrogens is 1. The molecule has 216 valence electrons. The van der Waals surface area contributed by atoms with E-state index in [1.807, 2.05) is 12.3 Å². The van der Waals surface area contributed by atoms with Crippen LogP contribution in [0.1, 0.15) is 36.4 Å². The van der Waals surface area contributed by atoms with Crippen LogP contribution in [-0.4, -0.2) is 74.8 Å². The van der Waals surface area contributed by atoms with Crippen molar-refractivity contribution < 1.29 is 33.2 Å². The van der Waals surface area contributed by atoms with Crippen LogP contribution in [0.3, 0.4) is 0 Å². The fourth-order valence-electron chi connectivity index (χ4n) is 5.01. The van der Waals surface area contributed by atoms with E-state index in [4.69, 9.17) is 37.2 Å². The molecule has 0 aliphatic carbocycles. The Morgan fingerprint density at radius 2 is 1.93 bits per heavy atom. The average Bonchev–Trinajstić information content (AvgIpc) is 3.41. The van der Waals surface area contributed by atoms with Gasteiger partial charge in [0, 0.05) is 30.0 Å². The van der Waals surface area contributed by atoms with Gasteiger partial charge >= 0.3 is 11.9 Å². The molecule has 0 unspecified atom stereocenters. The average molecular weight is 621 g/mol. The number of rotatable bonds is 7. The number of nitrogens with one attached hydrogen (secondary N) is 1. The second kappa shape index (κ2) is 11.1. The number of aryl methyl sites for hydroxylation is 1. The van der Waals surface area contributed by atoms with E-state index >= 15 is 0 Å². The Morgan fingerprint density at radius 1 is 1.22 bits per heavy atom. The van der Waals surface area contributed by atoms with Crippen molar-refractivity contribution in [1.82, 2.24) is 20.3 Å². The smallest absolute Gasteiger partial charge is 0.338 e. The minimum atomic E-state index is -0.949. The zero-order valence-electron chi connectivity index (χ0n) is 22.5. The van der Waals surface area contributed by atoms with E-state index in [0.717, 1.165) is 0 Å². The zero-order valence-corrected chi connectivity index (χ0v) is 24.8. The van der Waals surface area contributed by atoms with Gasteiger partial charge in [0.25, 0.3) is 5.91 Å². The van der Waals surface area contributed by atoms with E-state index in [0.29, 0.717) is 17.6 Å². The van der Waals surface area contributed by atoms with Crippen LogP contribution in [0.4, 0.5) is 0 Å². The Morgan fingerprint density at radius 3 is 2.61 bits per heavy atom. The SMILES string of the molecule is Cc1onc(-c2c(Cl)cccc2Cl)c1C(=O)N[C@@H]1C(=O)N2[C@@H]1SC(C)(C)[C@@H]2C(=O)OCOC(=O)C1=CN(C)C=CC1. The largest absolute Gasteiger partial charge is 0.426 e. The highest BCUT2D eigenvalue weighted by Gasteiger charge is 2.64. The molecule has 5 rings (SSSR count). The monoisotopic (exact) mass is 620 g/mol. The number of benzene rings is 1. The van der Waals surface area contributed by atoms with Crippen molar-refractivity contribution >= 4 is 58.7 Å². The van der Waals surface area contributed by atoms with Crippen LogP contribution < -0.4 is 5.32 Å². The minimum Gasteiger partial charge on any atom is -0.426 e. The first kappa shape index (κ1) is 29.0. The number of carbonyl (C=O) groups is 4. The first-order valence-corrected chi connectivity index (χ1v) is 14.2. The lowest BCUT2D eigenvalue weighted by atomic mass is 9.95. The number of hydrogen-bond donors (Lipinski definition) is 1. The maximum atomic E-state index is 13.4. The summed E-state index contributed by atoms with van der Waals surface area (Å²) in [6.45, 7) is 4.58. The number of carbonyl (C=O) groups excluding carboxylic acids is 4. The van der Waals surface area contributed by atoms with E-state index in [2.05, 4.69) is 10.5 Å². The van der Waals surface area contributed by atoms with Crippen molar-refractivity contribution in [3.8, 4) is 11.3 Å². The molecular formula is C27H26Cl2N4O7S. The second-order valence-electron chi connectivity index (χ2n) is 10.2. The summed E-state index contributed by atoms with van der Waals surface area (Å²) < 4.78 is 14.9. The summed E-state index contributed by atoms with van der Waals surface area (Å²) in [6.07, 6.45) is 5.66. The third-order valence-corrected chi connectivity index (χ3v) is 9.13.